The van der Waals surface area contributed by atoms with Crippen LogP contribution >= 0.6 is 0 Å². The van der Waals surface area contributed by atoms with Crippen LogP contribution in [-0.2, 0) is 6.42 Å². The summed E-state index contributed by atoms with van der Waals surface area (Å²) in [6, 6.07) is 8.59. The summed E-state index contributed by atoms with van der Waals surface area (Å²) in [4.78, 5) is 12.1. The topological polar surface area (TPSA) is 81.9 Å². The molecule has 3 N–H and O–H groups in total. The fraction of sp³-hybridized carbons (Fsp3) is 0.300. The molecule has 0 atom stereocenters. The molecule has 25 heavy (non-hydrogen) atoms. The maximum absolute atomic E-state index is 12.1. The summed E-state index contributed by atoms with van der Waals surface area (Å²) in [5, 5.41) is 23.8. The van der Waals surface area contributed by atoms with Gasteiger partial charge in [-0.2, -0.15) is 5.10 Å². The number of hydrogen-bond donors (Lipinski definition) is 3. The van der Waals surface area contributed by atoms with Crippen LogP contribution in [0.25, 0.3) is 0 Å². The van der Waals surface area contributed by atoms with Crippen LogP contribution in [0.2, 0.25) is 0 Å². The van der Waals surface area contributed by atoms with Crippen LogP contribution in [-0.4, -0.2) is 22.3 Å². The Bertz CT molecular complexity index is 798. The lowest BCUT2D eigenvalue weighted by Crippen LogP contribution is -2.18. The third-order valence-corrected chi connectivity index (χ3v) is 4.14. The van der Waals surface area contributed by atoms with Crippen LogP contribution in [0.5, 0.6) is 11.5 Å². The van der Waals surface area contributed by atoms with Crippen molar-refractivity contribution in [3.05, 3.63) is 58.1 Å². The van der Waals surface area contributed by atoms with Gasteiger partial charge in [0.2, 0.25) is 0 Å². The Balaban J connectivity index is 2.05. The number of nitrogens with zero attached hydrogens (tertiary/aromatic N) is 1. The smallest absolute Gasteiger partial charge is 0.275 e. The van der Waals surface area contributed by atoms with Crippen molar-refractivity contribution in [1.82, 2.24) is 5.43 Å². The summed E-state index contributed by atoms with van der Waals surface area (Å²) >= 11 is 0. The molecule has 0 spiro atoms. The quantitative estimate of drug-likeness (QED) is 0.552. The number of carbonyl (C=O) groups is 1. The average molecular weight is 340 g/mol. The molecule has 5 heteroatoms. The van der Waals surface area contributed by atoms with Gasteiger partial charge in [0.05, 0.1) is 11.8 Å². The Morgan fingerprint density at radius 3 is 2.52 bits per heavy atom. The van der Waals surface area contributed by atoms with Crippen molar-refractivity contribution in [2.45, 2.75) is 40.0 Å². The molecule has 0 saturated heterocycles. The zero-order valence-corrected chi connectivity index (χ0v) is 14.8. The van der Waals surface area contributed by atoms with E-state index < -0.39 is 5.91 Å². The van der Waals surface area contributed by atoms with Gasteiger partial charge in [-0.3, -0.25) is 4.79 Å². The van der Waals surface area contributed by atoms with Gasteiger partial charge in [0.25, 0.3) is 5.91 Å². The molecule has 2 rings (SSSR count). The van der Waals surface area contributed by atoms with Crippen LogP contribution in [0.4, 0.5) is 0 Å². The third-order valence-electron chi connectivity index (χ3n) is 4.14. The van der Waals surface area contributed by atoms with E-state index in [9.17, 15) is 15.0 Å². The number of phenols is 2. The third kappa shape index (κ3) is 4.83. The number of carbonyl (C=O) groups excluding carboxylic acids is 1. The molecule has 0 fully saturated rings. The number of benzene rings is 2. The van der Waals surface area contributed by atoms with Crippen molar-refractivity contribution in [2.75, 3.05) is 0 Å². The van der Waals surface area contributed by atoms with Gasteiger partial charge < -0.3 is 10.2 Å². The molecule has 1 amide bonds. The van der Waals surface area contributed by atoms with Crippen LogP contribution in [0.1, 0.15) is 52.4 Å². The molecule has 2 aromatic rings. The largest absolute Gasteiger partial charge is 0.507 e. The average Bonchev–Trinajstić information content (AvgIpc) is 2.57. The van der Waals surface area contributed by atoms with Crippen molar-refractivity contribution in [3.8, 4) is 11.5 Å². The normalized spacial score (nSPS) is 11.0. The van der Waals surface area contributed by atoms with E-state index in [4.69, 9.17) is 0 Å². The fourth-order valence-corrected chi connectivity index (χ4v) is 2.44. The highest BCUT2D eigenvalue weighted by Crippen LogP contribution is 2.22. The highest BCUT2D eigenvalue weighted by Gasteiger charge is 2.12. The van der Waals surface area contributed by atoms with Gasteiger partial charge in [-0.25, -0.2) is 5.43 Å². The predicted molar refractivity (Wildman–Crippen MR) is 99.4 cm³/mol. The number of amides is 1. The summed E-state index contributed by atoms with van der Waals surface area (Å²) in [6.07, 6.45) is 4.48. The van der Waals surface area contributed by atoms with Gasteiger partial charge >= 0.3 is 0 Å². The zero-order chi connectivity index (χ0) is 18.4. The van der Waals surface area contributed by atoms with Gasteiger partial charge in [-0.05, 0) is 67.6 Å². The SMILES string of the molecule is CCCCc1ccc(C=NNC(=O)c2cc(C)c(C)cc2O)c(O)c1. The first kappa shape index (κ1) is 18.5. The molecular weight excluding hydrogens is 316 g/mol. The van der Waals surface area contributed by atoms with Crippen molar-refractivity contribution in [3.63, 3.8) is 0 Å². The summed E-state index contributed by atoms with van der Waals surface area (Å²) in [6.45, 7) is 5.85. The Morgan fingerprint density at radius 1 is 1.12 bits per heavy atom. The van der Waals surface area contributed by atoms with Crippen LogP contribution in [0.15, 0.2) is 35.4 Å². The number of rotatable bonds is 6. The van der Waals surface area contributed by atoms with Gasteiger partial charge in [-0.15, -0.1) is 0 Å². The van der Waals surface area contributed by atoms with Crippen molar-refractivity contribution in [2.24, 2.45) is 5.10 Å². The predicted octanol–water partition coefficient (Wildman–Crippen LogP) is 3.82. The maximum Gasteiger partial charge on any atom is 0.275 e. The second kappa shape index (κ2) is 8.33. The Hall–Kier alpha value is -2.82. The van der Waals surface area contributed by atoms with E-state index in [-0.39, 0.29) is 17.1 Å². The minimum absolute atomic E-state index is 0.0843. The minimum Gasteiger partial charge on any atom is -0.507 e. The molecule has 0 unspecified atom stereocenters. The number of unbranched alkanes of at least 4 members (excludes halogenated alkanes) is 1. The highest BCUT2D eigenvalue weighted by molar-refractivity contribution is 5.97. The van der Waals surface area contributed by atoms with Gasteiger partial charge in [0.15, 0.2) is 0 Å². The molecule has 0 heterocycles. The van der Waals surface area contributed by atoms with Gasteiger partial charge in [0, 0.05) is 5.56 Å². The van der Waals surface area contributed by atoms with E-state index in [1.165, 1.54) is 6.21 Å². The maximum atomic E-state index is 12.1. The number of aromatic hydroxyl groups is 2. The molecule has 5 nitrogen and oxygen atoms in total. The standard InChI is InChI=1S/C20H24N2O3/c1-4-5-6-15-7-8-16(18(23)11-15)12-21-22-20(25)17-9-13(2)14(3)10-19(17)24/h7-12,23-24H,4-6H2,1-3H3,(H,22,25). The molecule has 0 aliphatic carbocycles. The lowest BCUT2D eigenvalue weighted by molar-refractivity contribution is 0.0952. The first-order valence-electron chi connectivity index (χ1n) is 8.38. The van der Waals surface area contributed by atoms with Crippen molar-refractivity contribution >= 4 is 12.1 Å². The first-order valence-corrected chi connectivity index (χ1v) is 8.38. The van der Waals surface area contributed by atoms with E-state index >= 15 is 0 Å². The molecule has 132 valence electrons. The van der Waals surface area contributed by atoms with Crippen LogP contribution in [0.3, 0.4) is 0 Å². The second-order valence-corrected chi connectivity index (χ2v) is 6.15. The molecule has 0 aliphatic heterocycles. The molecule has 0 aliphatic rings. The summed E-state index contributed by atoms with van der Waals surface area (Å²) in [5.41, 5.74) is 5.94. The number of hydrogen-bond acceptors (Lipinski definition) is 4. The van der Waals surface area contributed by atoms with Crippen LogP contribution in [0, 0.1) is 13.8 Å². The van der Waals surface area contributed by atoms with E-state index in [0.29, 0.717) is 5.56 Å². The van der Waals surface area contributed by atoms with Crippen molar-refractivity contribution < 1.29 is 15.0 Å². The number of phenolic OH excluding ortho intramolecular Hbond substituents is 2. The van der Waals surface area contributed by atoms with Crippen molar-refractivity contribution in [1.29, 1.82) is 0 Å². The van der Waals surface area contributed by atoms with E-state index in [0.717, 1.165) is 36.0 Å². The molecule has 0 saturated carbocycles. The summed E-state index contributed by atoms with van der Waals surface area (Å²) in [5.74, 6) is -0.463. The highest BCUT2D eigenvalue weighted by atomic mass is 16.3. The molecule has 0 radical (unpaired) electrons. The zero-order valence-electron chi connectivity index (χ0n) is 14.8. The Labute approximate surface area is 148 Å². The summed E-state index contributed by atoms with van der Waals surface area (Å²) < 4.78 is 0. The second-order valence-electron chi connectivity index (χ2n) is 6.15. The number of aryl methyl sites for hydroxylation is 3. The van der Waals surface area contributed by atoms with Gasteiger partial charge in [0.1, 0.15) is 11.5 Å². The first-order chi connectivity index (χ1) is 11.9. The Morgan fingerprint density at radius 2 is 1.84 bits per heavy atom. The molecule has 0 aromatic heterocycles. The van der Waals surface area contributed by atoms with E-state index in [1.807, 2.05) is 19.9 Å². The molecule has 0 bridgehead atoms. The van der Waals surface area contributed by atoms with Crippen LogP contribution < -0.4 is 5.43 Å². The number of hydrazone groups is 1. The molecule has 2 aromatic carbocycles. The van der Waals surface area contributed by atoms with Gasteiger partial charge in [-0.1, -0.05) is 19.4 Å². The van der Waals surface area contributed by atoms with E-state index in [2.05, 4.69) is 17.5 Å². The lowest BCUT2D eigenvalue weighted by atomic mass is 10.0. The Kier molecular flexibility index (Phi) is 6.17. The lowest BCUT2D eigenvalue weighted by Gasteiger charge is -2.07. The number of nitrogens with one attached hydrogen (secondary N) is 1. The fourth-order valence-electron chi connectivity index (χ4n) is 2.44. The van der Waals surface area contributed by atoms with E-state index in [1.54, 1.807) is 24.3 Å². The summed E-state index contributed by atoms with van der Waals surface area (Å²) in [7, 11) is 0. The monoisotopic (exact) mass is 340 g/mol. The minimum atomic E-state index is -0.504. The molecular formula is C20H24N2O3.